The topological polar surface area (TPSA) is 86.4 Å². The van der Waals surface area contributed by atoms with Gasteiger partial charge in [-0.15, -0.1) is 0 Å². The van der Waals surface area contributed by atoms with E-state index in [4.69, 9.17) is 0 Å². The van der Waals surface area contributed by atoms with Gasteiger partial charge in [-0.1, -0.05) is 0 Å². The highest BCUT2D eigenvalue weighted by atomic mass is 16.2. The Morgan fingerprint density at radius 3 is 2.62 bits per heavy atom. The number of aromatic nitrogens is 1. The van der Waals surface area contributed by atoms with Crippen LogP contribution in [0.15, 0.2) is 24.5 Å². The highest BCUT2D eigenvalue weighted by Crippen LogP contribution is 2.21. The van der Waals surface area contributed by atoms with E-state index in [9.17, 15) is 9.59 Å². The molecule has 2 amide bonds. The average molecular weight is 331 g/mol. The van der Waals surface area contributed by atoms with Crippen molar-refractivity contribution >= 4 is 11.8 Å². The summed E-state index contributed by atoms with van der Waals surface area (Å²) in [7, 11) is 0. The number of hydrazine groups is 1. The molecule has 2 aliphatic rings. The van der Waals surface area contributed by atoms with Gasteiger partial charge >= 0.3 is 0 Å². The van der Waals surface area contributed by atoms with E-state index in [1.54, 1.807) is 17.3 Å². The third kappa shape index (κ3) is 3.73. The minimum Gasteiger partial charge on any atom is -0.355 e. The van der Waals surface area contributed by atoms with E-state index in [0.29, 0.717) is 44.1 Å². The Morgan fingerprint density at radius 2 is 1.96 bits per heavy atom. The molecule has 2 aliphatic heterocycles. The third-order valence-corrected chi connectivity index (χ3v) is 5.04. The van der Waals surface area contributed by atoms with Crippen LogP contribution in [-0.2, 0) is 16.1 Å². The van der Waals surface area contributed by atoms with Crippen molar-refractivity contribution in [3.8, 4) is 0 Å². The van der Waals surface area contributed by atoms with E-state index in [0.717, 1.165) is 5.56 Å². The fraction of sp³-hybridized carbons (Fsp3) is 0.588. The molecule has 130 valence electrons. The first-order valence-electron chi connectivity index (χ1n) is 8.50. The number of likely N-dealkylation sites (tertiary alicyclic amines) is 1. The van der Waals surface area contributed by atoms with E-state index >= 15 is 0 Å². The van der Waals surface area contributed by atoms with Crippen molar-refractivity contribution in [1.82, 2.24) is 26.1 Å². The van der Waals surface area contributed by atoms with Crippen molar-refractivity contribution in [1.29, 1.82) is 0 Å². The van der Waals surface area contributed by atoms with Crippen LogP contribution in [0.2, 0.25) is 0 Å². The summed E-state index contributed by atoms with van der Waals surface area (Å²) in [5, 5.41) is 3.02. The van der Waals surface area contributed by atoms with Gasteiger partial charge in [-0.3, -0.25) is 25.4 Å². The zero-order chi connectivity index (χ0) is 17.1. The summed E-state index contributed by atoms with van der Waals surface area (Å²) in [6, 6.07) is 4.41. The molecule has 1 aromatic heterocycles. The molecular weight excluding hydrogens is 306 g/mol. The average Bonchev–Trinajstić information content (AvgIpc) is 3.09. The van der Waals surface area contributed by atoms with Gasteiger partial charge in [0.15, 0.2) is 0 Å². The van der Waals surface area contributed by atoms with Crippen LogP contribution in [-0.4, -0.2) is 46.9 Å². The number of nitrogens with one attached hydrogen (secondary N) is 3. The number of carbonyl (C=O) groups excluding carboxylic acids is 2. The third-order valence-electron chi connectivity index (χ3n) is 5.04. The number of carbonyl (C=O) groups is 2. The van der Waals surface area contributed by atoms with Crippen molar-refractivity contribution in [2.24, 2.45) is 11.8 Å². The second kappa shape index (κ2) is 7.27. The Hall–Kier alpha value is -1.99. The van der Waals surface area contributed by atoms with E-state index in [-0.39, 0.29) is 17.7 Å². The number of rotatable bonds is 5. The quantitative estimate of drug-likeness (QED) is 0.710. The van der Waals surface area contributed by atoms with Crippen molar-refractivity contribution in [2.75, 3.05) is 13.1 Å². The summed E-state index contributed by atoms with van der Waals surface area (Å²) < 4.78 is 0. The molecule has 3 atom stereocenters. The standard InChI is InChI=1S/C17H25N5O2/c1-11-15(12(2)21-20-11)8-19-17(24)14-7-16(23)22(10-14)9-13-3-5-18-6-4-13/h3-6,11-12,14-15,20-21H,7-10H2,1-2H3,(H,19,24). The Bertz CT molecular complexity index is 584. The molecule has 0 bridgehead atoms. The van der Waals surface area contributed by atoms with Crippen LogP contribution in [0.25, 0.3) is 0 Å². The monoisotopic (exact) mass is 331 g/mol. The van der Waals surface area contributed by atoms with E-state index in [1.165, 1.54) is 0 Å². The number of hydrogen-bond acceptors (Lipinski definition) is 5. The number of nitrogens with zero attached hydrogens (tertiary/aromatic N) is 2. The number of pyridine rings is 1. The van der Waals surface area contributed by atoms with Gasteiger partial charge in [0.05, 0.1) is 5.92 Å². The van der Waals surface area contributed by atoms with Gasteiger partial charge in [-0.25, -0.2) is 0 Å². The molecule has 3 rings (SSSR count). The molecule has 3 heterocycles. The SMILES string of the molecule is CC1NNC(C)C1CNC(=O)C1CC(=O)N(Cc2ccncc2)C1. The van der Waals surface area contributed by atoms with E-state index in [1.807, 2.05) is 12.1 Å². The molecule has 7 heteroatoms. The Labute approximate surface area is 142 Å². The second-order valence-electron chi connectivity index (χ2n) is 6.81. The van der Waals surface area contributed by atoms with Gasteiger partial charge in [0.25, 0.3) is 0 Å². The lowest BCUT2D eigenvalue weighted by molar-refractivity contribution is -0.129. The zero-order valence-electron chi connectivity index (χ0n) is 14.2. The number of hydrogen-bond donors (Lipinski definition) is 3. The second-order valence-corrected chi connectivity index (χ2v) is 6.81. The summed E-state index contributed by atoms with van der Waals surface area (Å²) in [5.74, 6) is 0.107. The van der Waals surface area contributed by atoms with Crippen molar-refractivity contribution in [3.63, 3.8) is 0 Å². The maximum absolute atomic E-state index is 12.4. The normalized spacial score (nSPS) is 29.9. The summed E-state index contributed by atoms with van der Waals surface area (Å²) in [4.78, 5) is 30.3. The number of amides is 2. The fourth-order valence-electron chi connectivity index (χ4n) is 3.44. The molecule has 3 N–H and O–H groups in total. The summed E-state index contributed by atoms with van der Waals surface area (Å²) in [5.41, 5.74) is 7.40. The molecule has 24 heavy (non-hydrogen) atoms. The van der Waals surface area contributed by atoms with Crippen molar-refractivity contribution in [3.05, 3.63) is 30.1 Å². The first kappa shape index (κ1) is 16.9. The van der Waals surface area contributed by atoms with Gasteiger partial charge in [-0.05, 0) is 31.5 Å². The van der Waals surface area contributed by atoms with Gasteiger partial charge in [0.1, 0.15) is 0 Å². The Balaban J connectivity index is 1.50. The van der Waals surface area contributed by atoms with Crippen molar-refractivity contribution < 1.29 is 9.59 Å². The van der Waals surface area contributed by atoms with E-state index in [2.05, 4.69) is 35.0 Å². The van der Waals surface area contributed by atoms with Gasteiger partial charge in [-0.2, -0.15) is 0 Å². The lowest BCUT2D eigenvalue weighted by Gasteiger charge is -2.20. The smallest absolute Gasteiger partial charge is 0.225 e. The predicted molar refractivity (Wildman–Crippen MR) is 89.5 cm³/mol. The zero-order valence-corrected chi connectivity index (χ0v) is 14.2. The highest BCUT2D eigenvalue weighted by molar-refractivity contribution is 5.89. The van der Waals surface area contributed by atoms with Crippen LogP contribution >= 0.6 is 0 Å². The summed E-state index contributed by atoms with van der Waals surface area (Å²) in [6.45, 7) is 5.84. The van der Waals surface area contributed by atoms with Crippen LogP contribution in [0.5, 0.6) is 0 Å². The maximum atomic E-state index is 12.4. The van der Waals surface area contributed by atoms with Crippen LogP contribution in [0, 0.1) is 11.8 Å². The largest absolute Gasteiger partial charge is 0.355 e. The molecule has 7 nitrogen and oxygen atoms in total. The fourth-order valence-corrected chi connectivity index (χ4v) is 3.44. The molecule has 1 aromatic rings. The molecular formula is C17H25N5O2. The van der Waals surface area contributed by atoms with Gasteiger partial charge in [0, 0.05) is 56.5 Å². The molecule has 0 spiro atoms. The molecule has 0 saturated carbocycles. The molecule has 0 aliphatic carbocycles. The molecule has 2 saturated heterocycles. The minimum atomic E-state index is -0.257. The van der Waals surface area contributed by atoms with Crippen LogP contribution in [0.4, 0.5) is 0 Å². The van der Waals surface area contributed by atoms with Gasteiger partial charge in [0.2, 0.25) is 11.8 Å². The highest BCUT2D eigenvalue weighted by Gasteiger charge is 2.35. The molecule has 2 fully saturated rings. The summed E-state index contributed by atoms with van der Waals surface area (Å²) >= 11 is 0. The van der Waals surface area contributed by atoms with Crippen LogP contribution in [0.3, 0.4) is 0 Å². The van der Waals surface area contributed by atoms with Crippen molar-refractivity contribution in [2.45, 2.75) is 38.9 Å². The lowest BCUT2D eigenvalue weighted by Crippen LogP contribution is -2.40. The summed E-state index contributed by atoms with van der Waals surface area (Å²) in [6.07, 6.45) is 3.72. The van der Waals surface area contributed by atoms with E-state index < -0.39 is 0 Å². The molecule has 0 radical (unpaired) electrons. The first-order valence-corrected chi connectivity index (χ1v) is 8.50. The lowest BCUT2D eigenvalue weighted by atomic mass is 9.96. The Morgan fingerprint density at radius 1 is 1.29 bits per heavy atom. The first-order chi connectivity index (χ1) is 11.5. The van der Waals surface area contributed by atoms with Crippen LogP contribution < -0.4 is 16.2 Å². The van der Waals surface area contributed by atoms with Gasteiger partial charge < -0.3 is 10.2 Å². The molecule has 0 aromatic carbocycles. The predicted octanol–water partition coefficient (Wildman–Crippen LogP) is 0.0473. The van der Waals surface area contributed by atoms with Crippen LogP contribution in [0.1, 0.15) is 25.8 Å². The minimum absolute atomic E-state index is 0.0214. The maximum Gasteiger partial charge on any atom is 0.225 e. The molecule has 3 unspecified atom stereocenters. The Kier molecular flexibility index (Phi) is 5.11.